The Hall–Kier alpha value is -0.790. The summed E-state index contributed by atoms with van der Waals surface area (Å²) in [6.07, 6.45) is 11.5. The number of carbonyl (C=O) groups excluding carboxylic acids is 1. The fourth-order valence-corrected chi connectivity index (χ4v) is 6.60. The number of hydrogen-bond acceptors (Lipinski definition) is 1. The molecule has 2 atom stereocenters. The van der Waals surface area contributed by atoms with Gasteiger partial charge >= 0.3 is 0 Å². The minimum atomic E-state index is 0.265. The SMILES string of the molecule is C=CCCNC(=O)CC12CC3CC(C)(CC(C)(C3)C1)C2. The van der Waals surface area contributed by atoms with Crippen LogP contribution in [0, 0.1) is 22.2 Å². The zero-order valence-corrected chi connectivity index (χ0v) is 13.1. The Balaban J connectivity index is 1.69. The first-order valence-corrected chi connectivity index (χ1v) is 8.24. The van der Waals surface area contributed by atoms with E-state index in [0.717, 1.165) is 25.3 Å². The molecule has 1 amide bonds. The van der Waals surface area contributed by atoms with Crippen molar-refractivity contribution in [2.75, 3.05) is 6.54 Å². The maximum Gasteiger partial charge on any atom is 0.220 e. The van der Waals surface area contributed by atoms with Crippen molar-refractivity contribution in [3.63, 3.8) is 0 Å². The minimum Gasteiger partial charge on any atom is -0.356 e. The molecule has 4 aliphatic carbocycles. The van der Waals surface area contributed by atoms with Gasteiger partial charge in [-0.15, -0.1) is 6.58 Å². The van der Waals surface area contributed by atoms with E-state index in [-0.39, 0.29) is 5.91 Å². The minimum absolute atomic E-state index is 0.265. The molecule has 0 radical (unpaired) electrons. The Morgan fingerprint density at radius 1 is 1.20 bits per heavy atom. The highest BCUT2D eigenvalue weighted by Crippen LogP contribution is 2.70. The standard InChI is InChI=1S/C18H29NO/c1-4-5-6-19-15(20)10-18-9-14-7-16(2,12-18)11-17(3,8-14)13-18/h4,14H,1,5-13H2,2-3H3,(H,19,20). The van der Waals surface area contributed by atoms with Crippen LogP contribution < -0.4 is 5.32 Å². The smallest absolute Gasteiger partial charge is 0.220 e. The van der Waals surface area contributed by atoms with Crippen LogP contribution in [0.15, 0.2) is 12.7 Å². The van der Waals surface area contributed by atoms with Gasteiger partial charge in [-0.1, -0.05) is 19.9 Å². The Kier molecular flexibility index (Phi) is 3.26. The zero-order chi connectivity index (χ0) is 14.4. The first kappa shape index (κ1) is 14.2. The van der Waals surface area contributed by atoms with E-state index in [1.807, 2.05) is 6.08 Å². The molecule has 0 aliphatic heterocycles. The quantitative estimate of drug-likeness (QED) is 0.595. The van der Waals surface area contributed by atoms with Crippen molar-refractivity contribution in [1.29, 1.82) is 0 Å². The summed E-state index contributed by atoms with van der Waals surface area (Å²) in [7, 11) is 0. The van der Waals surface area contributed by atoms with Crippen LogP contribution >= 0.6 is 0 Å². The lowest BCUT2D eigenvalue weighted by atomic mass is 9.40. The number of nitrogens with one attached hydrogen (secondary N) is 1. The highest BCUT2D eigenvalue weighted by Gasteiger charge is 2.60. The summed E-state index contributed by atoms with van der Waals surface area (Å²) >= 11 is 0. The molecular formula is C18H29NO. The van der Waals surface area contributed by atoms with Crippen LogP contribution in [0.2, 0.25) is 0 Å². The van der Waals surface area contributed by atoms with Crippen LogP contribution in [0.3, 0.4) is 0 Å². The van der Waals surface area contributed by atoms with Crippen molar-refractivity contribution >= 4 is 5.91 Å². The molecule has 0 aromatic heterocycles. The molecule has 1 N–H and O–H groups in total. The van der Waals surface area contributed by atoms with Gasteiger partial charge in [-0.05, 0) is 67.1 Å². The van der Waals surface area contributed by atoms with Gasteiger partial charge in [0.2, 0.25) is 5.91 Å². The van der Waals surface area contributed by atoms with Gasteiger partial charge in [0.1, 0.15) is 0 Å². The molecule has 0 aromatic rings. The van der Waals surface area contributed by atoms with E-state index in [9.17, 15) is 4.79 Å². The van der Waals surface area contributed by atoms with Gasteiger partial charge < -0.3 is 5.32 Å². The van der Waals surface area contributed by atoms with Gasteiger partial charge in [0.25, 0.3) is 0 Å². The topological polar surface area (TPSA) is 29.1 Å². The van der Waals surface area contributed by atoms with E-state index in [2.05, 4.69) is 25.7 Å². The van der Waals surface area contributed by atoms with Gasteiger partial charge in [-0.3, -0.25) is 4.79 Å². The third-order valence-electron chi connectivity index (χ3n) is 5.95. The lowest BCUT2D eigenvalue weighted by molar-refractivity contribution is -0.156. The van der Waals surface area contributed by atoms with Crippen molar-refractivity contribution in [3.8, 4) is 0 Å². The molecule has 2 unspecified atom stereocenters. The van der Waals surface area contributed by atoms with Crippen LogP contribution in [0.1, 0.15) is 65.2 Å². The number of amides is 1. The van der Waals surface area contributed by atoms with Crippen LogP contribution in [-0.2, 0) is 4.79 Å². The largest absolute Gasteiger partial charge is 0.356 e. The first-order chi connectivity index (χ1) is 9.36. The second kappa shape index (κ2) is 4.61. The lowest BCUT2D eigenvalue weighted by Gasteiger charge is -2.65. The number of hydrogen-bond donors (Lipinski definition) is 1. The molecule has 112 valence electrons. The Labute approximate surface area is 123 Å². The monoisotopic (exact) mass is 275 g/mol. The van der Waals surface area contributed by atoms with E-state index in [1.54, 1.807) is 0 Å². The molecule has 0 spiro atoms. The van der Waals surface area contributed by atoms with Crippen molar-refractivity contribution in [1.82, 2.24) is 5.32 Å². The third-order valence-corrected chi connectivity index (χ3v) is 5.95. The predicted octanol–water partition coefficient (Wildman–Crippen LogP) is 4.07. The number of rotatable bonds is 5. The third kappa shape index (κ3) is 2.54. The zero-order valence-electron chi connectivity index (χ0n) is 13.1. The highest BCUT2D eigenvalue weighted by molar-refractivity contribution is 5.76. The first-order valence-electron chi connectivity index (χ1n) is 8.24. The average Bonchev–Trinajstić information content (AvgIpc) is 2.22. The van der Waals surface area contributed by atoms with Crippen molar-refractivity contribution in [2.24, 2.45) is 22.2 Å². The Morgan fingerprint density at radius 3 is 2.40 bits per heavy atom. The second-order valence-electron chi connectivity index (χ2n) is 8.73. The molecule has 20 heavy (non-hydrogen) atoms. The molecule has 4 fully saturated rings. The van der Waals surface area contributed by atoms with E-state index in [4.69, 9.17) is 0 Å². The van der Waals surface area contributed by atoms with E-state index in [0.29, 0.717) is 16.2 Å². The summed E-state index contributed by atoms with van der Waals surface area (Å²) in [5.74, 6) is 1.14. The summed E-state index contributed by atoms with van der Waals surface area (Å²) < 4.78 is 0. The fraction of sp³-hybridized carbons (Fsp3) is 0.833. The maximum atomic E-state index is 12.3. The molecule has 0 aromatic carbocycles. The Morgan fingerprint density at radius 2 is 1.85 bits per heavy atom. The second-order valence-corrected chi connectivity index (χ2v) is 8.73. The molecule has 0 saturated heterocycles. The molecule has 4 bridgehead atoms. The van der Waals surface area contributed by atoms with E-state index in [1.165, 1.54) is 38.5 Å². The van der Waals surface area contributed by atoms with Gasteiger partial charge in [0.05, 0.1) is 0 Å². The van der Waals surface area contributed by atoms with Crippen molar-refractivity contribution in [3.05, 3.63) is 12.7 Å². The van der Waals surface area contributed by atoms with Gasteiger partial charge in [-0.2, -0.15) is 0 Å². The number of carbonyl (C=O) groups is 1. The summed E-state index contributed by atoms with van der Waals surface area (Å²) in [5, 5.41) is 3.07. The van der Waals surface area contributed by atoms with E-state index < -0.39 is 0 Å². The van der Waals surface area contributed by atoms with Crippen LogP contribution in [0.5, 0.6) is 0 Å². The van der Waals surface area contributed by atoms with Gasteiger partial charge in [0, 0.05) is 13.0 Å². The maximum absolute atomic E-state index is 12.3. The summed E-state index contributed by atoms with van der Waals surface area (Å²) in [5.41, 5.74) is 1.33. The molecule has 0 heterocycles. The molecule has 4 saturated carbocycles. The van der Waals surface area contributed by atoms with Gasteiger partial charge in [-0.25, -0.2) is 0 Å². The summed E-state index contributed by atoms with van der Waals surface area (Å²) in [6.45, 7) is 9.40. The van der Waals surface area contributed by atoms with Crippen molar-refractivity contribution < 1.29 is 4.79 Å². The van der Waals surface area contributed by atoms with Crippen LogP contribution in [0.25, 0.3) is 0 Å². The highest BCUT2D eigenvalue weighted by atomic mass is 16.1. The lowest BCUT2D eigenvalue weighted by Crippen LogP contribution is -2.56. The summed E-state index contributed by atoms with van der Waals surface area (Å²) in [6, 6.07) is 0. The molecule has 2 nitrogen and oxygen atoms in total. The molecule has 4 aliphatic rings. The molecule has 2 heteroatoms. The predicted molar refractivity (Wildman–Crippen MR) is 82.3 cm³/mol. The normalized spacial score (nSPS) is 45.4. The van der Waals surface area contributed by atoms with Gasteiger partial charge in [0.15, 0.2) is 0 Å². The molecular weight excluding hydrogens is 246 g/mol. The summed E-state index contributed by atoms with van der Waals surface area (Å²) in [4.78, 5) is 12.3. The fourth-order valence-electron chi connectivity index (χ4n) is 6.60. The van der Waals surface area contributed by atoms with E-state index >= 15 is 0 Å². The van der Waals surface area contributed by atoms with Crippen LogP contribution in [0.4, 0.5) is 0 Å². The Bertz CT molecular complexity index is 409. The molecule has 4 rings (SSSR count). The van der Waals surface area contributed by atoms with Crippen LogP contribution in [-0.4, -0.2) is 12.5 Å². The van der Waals surface area contributed by atoms with Crippen molar-refractivity contribution in [2.45, 2.75) is 65.2 Å². The average molecular weight is 275 g/mol.